The molecule has 0 heterocycles. The SMILES string of the molecule is CCC(=O)C(C[C@@H](C)N(C)C)(c1ccccc1F)c1ccccc1F. The standard InChI is InChI=1S/C21H25F2NO/c1-5-20(25)21(14-15(2)24(3)4,16-10-6-8-12-18(16)22)17-11-7-9-13-19(17)23/h6-13,15H,5,14H2,1-4H3/t15-/m1/s1. The van der Waals surface area contributed by atoms with Crippen LogP contribution in [0.3, 0.4) is 0 Å². The van der Waals surface area contributed by atoms with Crippen LogP contribution in [-0.4, -0.2) is 30.8 Å². The van der Waals surface area contributed by atoms with Crippen LogP contribution in [0.1, 0.15) is 37.8 Å². The van der Waals surface area contributed by atoms with Crippen LogP contribution in [0.2, 0.25) is 0 Å². The van der Waals surface area contributed by atoms with Gasteiger partial charge in [0.2, 0.25) is 0 Å². The highest BCUT2D eigenvalue weighted by Gasteiger charge is 2.45. The second-order valence-electron chi connectivity index (χ2n) is 6.66. The third-order valence-corrected chi connectivity index (χ3v) is 4.95. The van der Waals surface area contributed by atoms with Crippen molar-refractivity contribution in [1.29, 1.82) is 0 Å². The lowest BCUT2D eigenvalue weighted by atomic mass is 9.66. The Kier molecular flexibility index (Phi) is 6.07. The average Bonchev–Trinajstić information content (AvgIpc) is 2.60. The molecule has 0 amide bonds. The van der Waals surface area contributed by atoms with E-state index in [4.69, 9.17) is 0 Å². The fourth-order valence-electron chi connectivity index (χ4n) is 3.32. The van der Waals surface area contributed by atoms with Gasteiger partial charge in [-0.1, -0.05) is 43.3 Å². The fourth-order valence-corrected chi connectivity index (χ4v) is 3.32. The highest BCUT2D eigenvalue weighted by molar-refractivity contribution is 5.94. The van der Waals surface area contributed by atoms with E-state index >= 15 is 0 Å². The van der Waals surface area contributed by atoms with Crippen molar-refractivity contribution in [1.82, 2.24) is 4.90 Å². The average molecular weight is 345 g/mol. The number of benzene rings is 2. The predicted molar refractivity (Wildman–Crippen MR) is 96.6 cm³/mol. The number of nitrogens with zero attached hydrogens (tertiary/aromatic N) is 1. The molecule has 0 aliphatic heterocycles. The zero-order valence-corrected chi connectivity index (χ0v) is 15.2. The van der Waals surface area contributed by atoms with Crippen molar-refractivity contribution in [3.8, 4) is 0 Å². The van der Waals surface area contributed by atoms with Gasteiger partial charge in [-0.2, -0.15) is 0 Å². The first-order valence-electron chi connectivity index (χ1n) is 8.54. The molecule has 2 rings (SSSR count). The van der Waals surface area contributed by atoms with Crippen LogP contribution in [0.15, 0.2) is 48.5 Å². The van der Waals surface area contributed by atoms with Gasteiger partial charge in [-0.05, 0) is 39.6 Å². The maximum atomic E-state index is 14.8. The van der Waals surface area contributed by atoms with Crippen molar-refractivity contribution >= 4 is 5.78 Å². The molecule has 0 unspecified atom stereocenters. The van der Waals surface area contributed by atoms with E-state index < -0.39 is 17.0 Å². The zero-order chi connectivity index (χ0) is 18.6. The summed E-state index contributed by atoms with van der Waals surface area (Å²) >= 11 is 0. The third-order valence-electron chi connectivity index (χ3n) is 4.95. The maximum Gasteiger partial charge on any atom is 0.147 e. The number of hydrogen-bond acceptors (Lipinski definition) is 2. The maximum absolute atomic E-state index is 14.8. The molecule has 2 aromatic rings. The number of ketones is 1. The van der Waals surface area contributed by atoms with Crippen LogP contribution in [0.5, 0.6) is 0 Å². The van der Waals surface area contributed by atoms with Gasteiger partial charge in [0.25, 0.3) is 0 Å². The van der Waals surface area contributed by atoms with Crippen molar-refractivity contribution in [3.05, 3.63) is 71.3 Å². The molecule has 2 aromatic carbocycles. The first-order chi connectivity index (χ1) is 11.8. The van der Waals surface area contributed by atoms with Crippen LogP contribution in [0.4, 0.5) is 8.78 Å². The van der Waals surface area contributed by atoms with Gasteiger partial charge in [0.1, 0.15) is 17.4 Å². The topological polar surface area (TPSA) is 20.3 Å². The van der Waals surface area contributed by atoms with E-state index in [1.807, 2.05) is 25.9 Å². The Hall–Kier alpha value is -2.07. The van der Waals surface area contributed by atoms with Gasteiger partial charge in [-0.15, -0.1) is 0 Å². The second kappa shape index (κ2) is 7.87. The molecule has 0 aliphatic carbocycles. The first-order valence-corrected chi connectivity index (χ1v) is 8.54. The number of hydrogen-bond donors (Lipinski definition) is 0. The number of halogens is 2. The fraction of sp³-hybridized carbons (Fsp3) is 0.381. The minimum atomic E-state index is -1.35. The lowest BCUT2D eigenvalue weighted by molar-refractivity contribution is -0.123. The lowest BCUT2D eigenvalue weighted by Gasteiger charge is -2.37. The van der Waals surface area contributed by atoms with Crippen molar-refractivity contribution in [2.24, 2.45) is 0 Å². The van der Waals surface area contributed by atoms with E-state index in [0.29, 0.717) is 6.42 Å². The Balaban J connectivity index is 2.82. The molecule has 0 aromatic heterocycles. The van der Waals surface area contributed by atoms with E-state index in [1.165, 1.54) is 12.1 Å². The molecule has 0 saturated carbocycles. The van der Waals surface area contributed by atoms with Crippen LogP contribution >= 0.6 is 0 Å². The monoisotopic (exact) mass is 345 g/mol. The second-order valence-corrected chi connectivity index (χ2v) is 6.66. The van der Waals surface area contributed by atoms with Crippen molar-refractivity contribution < 1.29 is 13.6 Å². The molecule has 0 radical (unpaired) electrons. The summed E-state index contributed by atoms with van der Waals surface area (Å²) in [5.41, 5.74) is -0.879. The van der Waals surface area contributed by atoms with Gasteiger partial charge in [0.05, 0.1) is 5.41 Å². The molecule has 0 saturated heterocycles. The molecule has 25 heavy (non-hydrogen) atoms. The van der Waals surface area contributed by atoms with Crippen LogP contribution in [-0.2, 0) is 10.2 Å². The molecule has 134 valence electrons. The Morgan fingerprint density at radius 3 is 1.80 bits per heavy atom. The summed E-state index contributed by atoms with van der Waals surface area (Å²) in [5.74, 6) is -1.16. The summed E-state index contributed by atoms with van der Waals surface area (Å²) in [5, 5.41) is 0. The summed E-state index contributed by atoms with van der Waals surface area (Å²) in [6.07, 6.45) is 0.497. The van der Waals surface area contributed by atoms with E-state index in [2.05, 4.69) is 0 Å². The van der Waals surface area contributed by atoms with Crippen molar-refractivity contribution in [2.45, 2.75) is 38.1 Å². The van der Waals surface area contributed by atoms with Gasteiger partial charge >= 0.3 is 0 Å². The number of carbonyl (C=O) groups is 1. The van der Waals surface area contributed by atoms with Crippen LogP contribution in [0, 0.1) is 11.6 Å². The Labute approximate surface area is 148 Å². The Morgan fingerprint density at radius 1 is 1.00 bits per heavy atom. The predicted octanol–water partition coefficient (Wildman–Crippen LogP) is 4.57. The van der Waals surface area contributed by atoms with Gasteiger partial charge in [-0.3, -0.25) is 4.79 Å². The molecule has 4 heteroatoms. The Morgan fingerprint density at radius 2 is 1.44 bits per heavy atom. The highest BCUT2D eigenvalue weighted by Crippen LogP contribution is 2.41. The van der Waals surface area contributed by atoms with E-state index in [1.54, 1.807) is 43.3 Å². The molecule has 0 spiro atoms. The minimum absolute atomic E-state index is 0.0466. The summed E-state index contributed by atoms with van der Waals surface area (Å²) in [7, 11) is 3.79. The molecule has 2 nitrogen and oxygen atoms in total. The summed E-state index contributed by atoms with van der Waals surface area (Å²) in [6.45, 7) is 3.69. The molecule has 1 atom stereocenters. The molecular formula is C21H25F2NO. The zero-order valence-electron chi connectivity index (χ0n) is 15.2. The Bertz CT molecular complexity index is 697. The van der Waals surface area contributed by atoms with E-state index in [-0.39, 0.29) is 29.4 Å². The van der Waals surface area contributed by atoms with Crippen LogP contribution in [0.25, 0.3) is 0 Å². The first kappa shape index (κ1) is 19.3. The van der Waals surface area contributed by atoms with E-state index in [9.17, 15) is 13.6 Å². The van der Waals surface area contributed by atoms with E-state index in [0.717, 1.165) is 0 Å². The molecule has 0 N–H and O–H groups in total. The van der Waals surface area contributed by atoms with Crippen molar-refractivity contribution in [2.75, 3.05) is 14.1 Å². The number of carbonyl (C=O) groups excluding carboxylic acids is 1. The largest absolute Gasteiger partial charge is 0.307 e. The molecule has 0 fully saturated rings. The quantitative estimate of drug-likeness (QED) is 0.733. The van der Waals surface area contributed by atoms with Gasteiger partial charge in [0.15, 0.2) is 0 Å². The smallest absolute Gasteiger partial charge is 0.147 e. The van der Waals surface area contributed by atoms with Crippen molar-refractivity contribution in [3.63, 3.8) is 0 Å². The number of rotatable bonds is 7. The lowest BCUT2D eigenvalue weighted by Crippen LogP contribution is -2.44. The van der Waals surface area contributed by atoms with Gasteiger partial charge in [-0.25, -0.2) is 8.78 Å². The summed E-state index contributed by atoms with van der Waals surface area (Å²) in [6, 6.07) is 12.3. The summed E-state index contributed by atoms with van der Waals surface area (Å²) in [4.78, 5) is 15.1. The molecular weight excluding hydrogens is 320 g/mol. The number of Topliss-reactive ketones (excluding diaryl/α,β-unsaturated/α-hetero) is 1. The van der Waals surface area contributed by atoms with Crippen LogP contribution < -0.4 is 0 Å². The molecule has 0 aliphatic rings. The minimum Gasteiger partial charge on any atom is -0.307 e. The van der Waals surface area contributed by atoms with Gasteiger partial charge < -0.3 is 4.90 Å². The highest BCUT2D eigenvalue weighted by atomic mass is 19.1. The molecule has 0 bridgehead atoms. The third kappa shape index (κ3) is 3.64. The van der Waals surface area contributed by atoms with Gasteiger partial charge in [0, 0.05) is 23.6 Å². The summed E-state index contributed by atoms with van der Waals surface area (Å²) < 4.78 is 29.5. The normalized spacial score (nSPS) is 13.1.